The molecule has 2 rings (SSSR count). The fourth-order valence-corrected chi connectivity index (χ4v) is 1.48. The summed E-state index contributed by atoms with van der Waals surface area (Å²) in [5, 5.41) is 0.758. The number of rotatable bonds is 5. The van der Waals surface area contributed by atoms with Crippen LogP contribution in [0, 0.1) is 0 Å². The second kappa shape index (κ2) is 8.98. The van der Waals surface area contributed by atoms with Crippen molar-refractivity contribution in [2.45, 2.75) is 44.9 Å². The third kappa shape index (κ3) is 8.13. The fourth-order valence-electron chi connectivity index (χ4n) is 1.35. The first-order valence-corrected chi connectivity index (χ1v) is 6.91. The molecule has 0 unspecified atom stereocenters. The molecule has 1 aliphatic rings. The summed E-state index contributed by atoms with van der Waals surface area (Å²) >= 11 is 5.77. The van der Waals surface area contributed by atoms with Gasteiger partial charge in [0, 0.05) is 11.4 Å². The van der Waals surface area contributed by atoms with Crippen molar-refractivity contribution in [3.05, 3.63) is 34.9 Å². The molecule has 1 fully saturated rings. The molecule has 0 radical (unpaired) electrons. The number of unbranched alkanes of at least 4 members (excludes halogenated alkanes) is 1. The number of hydrogen-bond acceptors (Lipinski definition) is 2. The highest BCUT2D eigenvalue weighted by Gasteiger charge is 1.99. The van der Waals surface area contributed by atoms with Gasteiger partial charge in [0.25, 0.3) is 0 Å². The van der Waals surface area contributed by atoms with Crippen LogP contribution in [0.15, 0.2) is 24.3 Å². The lowest BCUT2D eigenvalue weighted by Gasteiger charge is -2.01. The lowest BCUT2D eigenvalue weighted by molar-refractivity contribution is -0.140. The molecule has 2 nitrogen and oxygen atoms in total. The highest BCUT2D eigenvalue weighted by molar-refractivity contribution is 6.30. The molecule has 0 saturated heterocycles. The predicted octanol–water partition coefficient (Wildman–Crippen LogP) is 4.40. The SMILES string of the molecule is C1CC1.COC(=O)CCCCc1ccc(Cl)cc1. The van der Waals surface area contributed by atoms with Crippen molar-refractivity contribution in [2.24, 2.45) is 0 Å². The molecule has 0 atom stereocenters. The molecule has 1 aliphatic carbocycles. The Bertz CT molecular complexity index is 341. The summed E-state index contributed by atoms with van der Waals surface area (Å²) in [7, 11) is 1.42. The van der Waals surface area contributed by atoms with Gasteiger partial charge in [0.1, 0.15) is 0 Å². The molecule has 0 N–H and O–H groups in total. The molecular weight excluding hydrogens is 248 g/mol. The number of carbonyl (C=O) groups is 1. The molecule has 1 aromatic carbocycles. The number of hydrogen-bond donors (Lipinski definition) is 0. The number of ether oxygens (including phenoxy) is 1. The van der Waals surface area contributed by atoms with Crippen molar-refractivity contribution in [3.8, 4) is 0 Å². The van der Waals surface area contributed by atoms with E-state index >= 15 is 0 Å². The van der Waals surface area contributed by atoms with Gasteiger partial charge in [-0.1, -0.05) is 43.0 Å². The van der Waals surface area contributed by atoms with Crippen LogP contribution in [-0.2, 0) is 16.0 Å². The van der Waals surface area contributed by atoms with Gasteiger partial charge in [-0.25, -0.2) is 0 Å². The molecule has 1 saturated carbocycles. The van der Waals surface area contributed by atoms with Gasteiger partial charge in [0.2, 0.25) is 0 Å². The van der Waals surface area contributed by atoms with Crippen LogP contribution in [0.25, 0.3) is 0 Å². The van der Waals surface area contributed by atoms with E-state index in [9.17, 15) is 4.79 Å². The van der Waals surface area contributed by atoms with Gasteiger partial charge in [-0.15, -0.1) is 0 Å². The van der Waals surface area contributed by atoms with E-state index in [4.69, 9.17) is 11.6 Å². The van der Waals surface area contributed by atoms with Crippen LogP contribution in [0.3, 0.4) is 0 Å². The smallest absolute Gasteiger partial charge is 0.305 e. The molecule has 1 aromatic rings. The average molecular weight is 269 g/mol. The number of esters is 1. The zero-order valence-electron chi connectivity index (χ0n) is 11.0. The molecule has 3 heteroatoms. The Labute approximate surface area is 114 Å². The minimum Gasteiger partial charge on any atom is -0.469 e. The molecule has 0 bridgehead atoms. The number of benzene rings is 1. The molecule has 0 aliphatic heterocycles. The van der Waals surface area contributed by atoms with Gasteiger partial charge in [0.15, 0.2) is 0 Å². The average Bonchev–Trinajstić information content (AvgIpc) is 3.24. The van der Waals surface area contributed by atoms with E-state index in [2.05, 4.69) is 4.74 Å². The fraction of sp³-hybridized carbons (Fsp3) is 0.533. The molecule has 0 heterocycles. The van der Waals surface area contributed by atoms with Crippen molar-refractivity contribution in [1.82, 2.24) is 0 Å². The van der Waals surface area contributed by atoms with E-state index in [1.165, 1.54) is 31.9 Å². The van der Waals surface area contributed by atoms with Crippen LogP contribution in [-0.4, -0.2) is 13.1 Å². The largest absolute Gasteiger partial charge is 0.469 e. The van der Waals surface area contributed by atoms with Gasteiger partial charge in [-0.05, 0) is 37.0 Å². The lowest BCUT2D eigenvalue weighted by Crippen LogP contribution is -1.99. The van der Waals surface area contributed by atoms with Crippen LogP contribution in [0.2, 0.25) is 5.02 Å². The number of carbonyl (C=O) groups excluding carboxylic acids is 1. The van der Waals surface area contributed by atoms with Gasteiger partial charge in [-0.3, -0.25) is 4.79 Å². The first-order valence-electron chi connectivity index (χ1n) is 6.53. The number of methoxy groups -OCH3 is 1. The Hall–Kier alpha value is -1.02. The van der Waals surface area contributed by atoms with E-state index in [0.29, 0.717) is 6.42 Å². The van der Waals surface area contributed by atoms with Crippen molar-refractivity contribution >= 4 is 17.6 Å². The molecule has 0 spiro atoms. The number of aryl methyl sites for hydroxylation is 1. The van der Waals surface area contributed by atoms with Gasteiger partial charge in [-0.2, -0.15) is 0 Å². The molecule has 0 amide bonds. The quantitative estimate of drug-likeness (QED) is 0.585. The second-order valence-electron chi connectivity index (χ2n) is 4.47. The minimum atomic E-state index is -0.133. The Balaban J connectivity index is 0.000000468. The first kappa shape index (κ1) is 15.0. The highest BCUT2D eigenvalue weighted by atomic mass is 35.5. The molecule has 18 heavy (non-hydrogen) atoms. The topological polar surface area (TPSA) is 26.3 Å². The summed E-state index contributed by atoms with van der Waals surface area (Å²) in [4.78, 5) is 10.8. The number of halogens is 1. The van der Waals surface area contributed by atoms with E-state index in [0.717, 1.165) is 24.3 Å². The summed E-state index contributed by atoms with van der Waals surface area (Å²) in [6.07, 6.45) is 7.85. The Morgan fingerprint density at radius 2 is 1.78 bits per heavy atom. The van der Waals surface area contributed by atoms with Crippen molar-refractivity contribution in [3.63, 3.8) is 0 Å². The summed E-state index contributed by atoms with van der Waals surface area (Å²) in [5.41, 5.74) is 1.25. The summed E-state index contributed by atoms with van der Waals surface area (Å²) < 4.78 is 4.56. The van der Waals surface area contributed by atoms with Crippen LogP contribution in [0.5, 0.6) is 0 Å². The maximum Gasteiger partial charge on any atom is 0.305 e. The van der Waals surface area contributed by atoms with E-state index in [-0.39, 0.29) is 5.97 Å². The zero-order chi connectivity index (χ0) is 13.2. The van der Waals surface area contributed by atoms with E-state index in [1.807, 2.05) is 24.3 Å². The van der Waals surface area contributed by atoms with Crippen LogP contribution >= 0.6 is 11.6 Å². The highest BCUT2D eigenvalue weighted by Crippen LogP contribution is 2.15. The monoisotopic (exact) mass is 268 g/mol. The van der Waals surface area contributed by atoms with Crippen LogP contribution in [0.4, 0.5) is 0 Å². The maximum atomic E-state index is 10.8. The van der Waals surface area contributed by atoms with E-state index in [1.54, 1.807) is 0 Å². The van der Waals surface area contributed by atoms with Crippen molar-refractivity contribution < 1.29 is 9.53 Å². The van der Waals surface area contributed by atoms with Gasteiger partial charge in [0.05, 0.1) is 7.11 Å². The van der Waals surface area contributed by atoms with Crippen molar-refractivity contribution in [1.29, 1.82) is 0 Å². The first-order chi connectivity index (χ1) is 8.72. The zero-order valence-corrected chi connectivity index (χ0v) is 11.7. The summed E-state index contributed by atoms with van der Waals surface area (Å²) in [6, 6.07) is 7.80. The predicted molar refractivity (Wildman–Crippen MR) is 74.9 cm³/mol. The summed E-state index contributed by atoms with van der Waals surface area (Å²) in [6.45, 7) is 0. The molecule has 100 valence electrons. The standard InChI is InChI=1S/C12H15ClO2.C3H6/c1-15-12(14)5-3-2-4-10-6-8-11(13)9-7-10;1-2-3-1/h6-9H,2-5H2,1H3;1-3H2. The Morgan fingerprint density at radius 1 is 1.17 bits per heavy atom. The summed E-state index contributed by atoms with van der Waals surface area (Å²) in [5.74, 6) is -0.133. The maximum absolute atomic E-state index is 10.8. The normalized spacial score (nSPS) is 12.3. The van der Waals surface area contributed by atoms with Crippen molar-refractivity contribution in [2.75, 3.05) is 7.11 Å². The van der Waals surface area contributed by atoms with E-state index < -0.39 is 0 Å². The lowest BCUT2D eigenvalue weighted by atomic mass is 10.1. The molecular formula is C15H21ClO2. The minimum absolute atomic E-state index is 0.133. The second-order valence-corrected chi connectivity index (χ2v) is 4.91. The third-order valence-corrected chi connectivity index (χ3v) is 2.84. The Morgan fingerprint density at radius 3 is 2.28 bits per heavy atom. The molecule has 0 aromatic heterocycles. The third-order valence-electron chi connectivity index (χ3n) is 2.59. The van der Waals surface area contributed by atoms with Gasteiger partial charge < -0.3 is 4.74 Å². The van der Waals surface area contributed by atoms with Crippen LogP contribution < -0.4 is 0 Å². The van der Waals surface area contributed by atoms with Crippen LogP contribution in [0.1, 0.15) is 44.1 Å². The Kier molecular flexibility index (Phi) is 7.51. The van der Waals surface area contributed by atoms with Gasteiger partial charge >= 0.3 is 5.97 Å².